The number of carbonyl (C=O) groups is 1. The van der Waals surface area contributed by atoms with Crippen LogP contribution in [0.1, 0.15) is 11.1 Å². The Morgan fingerprint density at radius 1 is 1.18 bits per heavy atom. The first-order valence-corrected chi connectivity index (χ1v) is 9.10. The van der Waals surface area contributed by atoms with Crippen LogP contribution in [0.5, 0.6) is 11.5 Å². The van der Waals surface area contributed by atoms with E-state index in [1.165, 1.54) is 12.1 Å². The molecule has 1 heterocycles. The fraction of sp³-hybridized carbons (Fsp3) is 0.238. The number of aryl methyl sites for hydroxylation is 1. The summed E-state index contributed by atoms with van der Waals surface area (Å²) in [6.07, 6.45) is 0.691. The third-order valence-electron chi connectivity index (χ3n) is 4.26. The van der Waals surface area contributed by atoms with Crippen LogP contribution in [0.15, 0.2) is 51.7 Å². The Morgan fingerprint density at radius 3 is 2.64 bits per heavy atom. The Hall–Kier alpha value is -2.99. The SMILES string of the molecule is COc1ccc(CCNC(=O)COc2cc3oc(=O)cc(C)c3cc2Cl)cc1. The van der Waals surface area contributed by atoms with Gasteiger partial charge in [0, 0.05) is 24.1 Å². The topological polar surface area (TPSA) is 77.8 Å². The lowest BCUT2D eigenvalue weighted by molar-refractivity contribution is -0.123. The molecule has 1 aromatic heterocycles. The van der Waals surface area contributed by atoms with Crippen LogP contribution >= 0.6 is 11.6 Å². The molecule has 0 unspecified atom stereocenters. The molecule has 3 aromatic rings. The van der Waals surface area contributed by atoms with E-state index in [1.54, 1.807) is 20.1 Å². The molecule has 2 aromatic carbocycles. The van der Waals surface area contributed by atoms with E-state index in [0.717, 1.165) is 22.3 Å². The van der Waals surface area contributed by atoms with E-state index in [9.17, 15) is 9.59 Å². The van der Waals surface area contributed by atoms with Crippen molar-refractivity contribution in [2.45, 2.75) is 13.3 Å². The van der Waals surface area contributed by atoms with Gasteiger partial charge in [-0.25, -0.2) is 4.79 Å². The molecule has 0 bridgehead atoms. The van der Waals surface area contributed by atoms with E-state index >= 15 is 0 Å². The number of ether oxygens (including phenoxy) is 2. The molecular weight excluding hydrogens is 382 g/mol. The first kappa shape index (κ1) is 19.8. The van der Waals surface area contributed by atoms with Gasteiger partial charge in [-0.15, -0.1) is 0 Å². The highest BCUT2D eigenvalue weighted by Gasteiger charge is 2.11. The Balaban J connectivity index is 1.55. The summed E-state index contributed by atoms with van der Waals surface area (Å²) in [6, 6.07) is 12.2. The minimum atomic E-state index is -0.449. The zero-order chi connectivity index (χ0) is 20.1. The predicted octanol–water partition coefficient (Wildman–Crippen LogP) is 3.50. The summed E-state index contributed by atoms with van der Waals surface area (Å²) >= 11 is 6.22. The van der Waals surface area contributed by atoms with Gasteiger partial charge in [0.15, 0.2) is 6.61 Å². The number of hydrogen-bond acceptors (Lipinski definition) is 5. The second-order valence-electron chi connectivity index (χ2n) is 6.26. The maximum absolute atomic E-state index is 12.0. The summed E-state index contributed by atoms with van der Waals surface area (Å²) in [4.78, 5) is 23.5. The minimum Gasteiger partial charge on any atom is -0.497 e. The van der Waals surface area contributed by atoms with E-state index in [-0.39, 0.29) is 18.3 Å². The molecule has 28 heavy (non-hydrogen) atoms. The molecule has 0 saturated carbocycles. The number of benzene rings is 2. The molecule has 0 fully saturated rings. The van der Waals surface area contributed by atoms with Gasteiger partial charge >= 0.3 is 5.63 Å². The molecule has 0 radical (unpaired) electrons. The van der Waals surface area contributed by atoms with E-state index in [0.29, 0.717) is 23.6 Å². The number of hydrogen-bond donors (Lipinski definition) is 1. The van der Waals surface area contributed by atoms with E-state index in [4.69, 9.17) is 25.5 Å². The van der Waals surface area contributed by atoms with Crippen molar-refractivity contribution in [3.63, 3.8) is 0 Å². The fourth-order valence-corrected chi connectivity index (χ4v) is 2.98. The molecule has 0 aliphatic carbocycles. The van der Waals surface area contributed by atoms with Gasteiger partial charge in [0.2, 0.25) is 0 Å². The van der Waals surface area contributed by atoms with E-state index in [2.05, 4.69) is 5.32 Å². The van der Waals surface area contributed by atoms with Crippen molar-refractivity contribution in [3.05, 3.63) is 69.0 Å². The monoisotopic (exact) mass is 401 g/mol. The van der Waals surface area contributed by atoms with Crippen LogP contribution in [0.2, 0.25) is 5.02 Å². The normalized spacial score (nSPS) is 10.7. The first-order valence-electron chi connectivity index (χ1n) is 8.72. The van der Waals surface area contributed by atoms with E-state index < -0.39 is 5.63 Å². The summed E-state index contributed by atoms with van der Waals surface area (Å²) < 4.78 is 15.8. The summed E-state index contributed by atoms with van der Waals surface area (Å²) in [5.74, 6) is 0.808. The highest BCUT2D eigenvalue weighted by atomic mass is 35.5. The molecule has 0 saturated heterocycles. The number of amides is 1. The van der Waals surface area contributed by atoms with Crippen molar-refractivity contribution in [2.24, 2.45) is 0 Å². The van der Waals surface area contributed by atoms with Gasteiger partial charge in [0.1, 0.15) is 17.1 Å². The Labute approximate surface area is 167 Å². The van der Waals surface area contributed by atoms with Gasteiger partial charge < -0.3 is 19.2 Å². The van der Waals surface area contributed by atoms with Crippen molar-refractivity contribution in [1.29, 1.82) is 0 Å². The smallest absolute Gasteiger partial charge is 0.336 e. The molecule has 0 atom stereocenters. The van der Waals surface area contributed by atoms with Gasteiger partial charge in [-0.1, -0.05) is 23.7 Å². The van der Waals surface area contributed by atoms with Crippen LogP contribution in [0.4, 0.5) is 0 Å². The van der Waals surface area contributed by atoms with E-state index in [1.807, 2.05) is 24.3 Å². The molecule has 0 aliphatic heterocycles. The van der Waals surface area contributed by atoms with Crippen LogP contribution in [-0.4, -0.2) is 26.2 Å². The number of nitrogens with one attached hydrogen (secondary N) is 1. The molecule has 0 aliphatic rings. The molecule has 7 heteroatoms. The first-order chi connectivity index (χ1) is 13.5. The van der Waals surface area contributed by atoms with Crippen LogP contribution in [-0.2, 0) is 11.2 Å². The second-order valence-corrected chi connectivity index (χ2v) is 6.67. The average molecular weight is 402 g/mol. The predicted molar refractivity (Wildman–Crippen MR) is 107 cm³/mol. The zero-order valence-electron chi connectivity index (χ0n) is 15.6. The molecule has 146 valence electrons. The largest absolute Gasteiger partial charge is 0.497 e. The Morgan fingerprint density at radius 2 is 1.93 bits per heavy atom. The lowest BCUT2D eigenvalue weighted by Gasteiger charge is -2.10. The average Bonchev–Trinajstić information content (AvgIpc) is 2.67. The molecule has 6 nitrogen and oxygen atoms in total. The number of fused-ring (bicyclic) bond motifs is 1. The summed E-state index contributed by atoms with van der Waals surface area (Å²) in [7, 11) is 1.62. The Kier molecular flexibility index (Phi) is 6.21. The van der Waals surface area contributed by atoms with Gasteiger partial charge in [-0.2, -0.15) is 0 Å². The molecule has 0 spiro atoms. The summed E-state index contributed by atoms with van der Waals surface area (Å²) in [6.45, 7) is 2.09. The van der Waals surface area contributed by atoms with Crippen molar-refractivity contribution in [2.75, 3.05) is 20.3 Å². The highest BCUT2D eigenvalue weighted by molar-refractivity contribution is 6.32. The molecule has 1 amide bonds. The molecule has 1 N–H and O–H groups in total. The lowest BCUT2D eigenvalue weighted by Crippen LogP contribution is -2.30. The quantitative estimate of drug-likeness (QED) is 0.613. The second kappa shape index (κ2) is 8.80. The molecular formula is C21H20ClNO5. The Bertz CT molecular complexity index is 1040. The third kappa shape index (κ3) is 4.84. The minimum absolute atomic E-state index is 0.191. The summed E-state index contributed by atoms with van der Waals surface area (Å²) in [5, 5.41) is 3.86. The number of carbonyl (C=O) groups excluding carboxylic acids is 1. The maximum Gasteiger partial charge on any atom is 0.336 e. The van der Waals surface area contributed by atoms with Crippen molar-refractivity contribution < 1.29 is 18.7 Å². The van der Waals surface area contributed by atoms with Crippen molar-refractivity contribution >= 4 is 28.5 Å². The maximum atomic E-state index is 12.0. The standard InChI is InChI=1S/C21H20ClNO5/c1-13-9-21(25)28-18-11-19(17(22)10-16(13)18)27-12-20(24)23-8-7-14-3-5-15(26-2)6-4-14/h3-6,9-11H,7-8,12H2,1-2H3,(H,23,24). The van der Waals surface area contributed by atoms with Crippen LogP contribution in [0, 0.1) is 6.92 Å². The van der Waals surface area contributed by atoms with Gasteiger partial charge in [0.25, 0.3) is 5.91 Å². The highest BCUT2D eigenvalue weighted by Crippen LogP contribution is 2.30. The molecule has 3 rings (SSSR count). The van der Waals surface area contributed by atoms with Gasteiger partial charge in [-0.05, 0) is 42.7 Å². The number of halogens is 1. The van der Waals surface area contributed by atoms with Crippen LogP contribution in [0.25, 0.3) is 11.0 Å². The zero-order valence-corrected chi connectivity index (χ0v) is 16.3. The van der Waals surface area contributed by atoms with Crippen LogP contribution in [0.3, 0.4) is 0 Å². The number of methoxy groups -OCH3 is 1. The number of rotatable bonds is 7. The lowest BCUT2D eigenvalue weighted by atomic mass is 10.1. The summed E-state index contributed by atoms with van der Waals surface area (Å²) in [5.41, 5.74) is 1.76. The van der Waals surface area contributed by atoms with Gasteiger partial charge in [-0.3, -0.25) is 4.79 Å². The van der Waals surface area contributed by atoms with Crippen LogP contribution < -0.4 is 20.4 Å². The fourth-order valence-electron chi connectivity index (χ4n) is 2.76. The third-order valence-corrected chi connectivity index (χ3v) is 4.55. The van der Waals surface area contributed by atoms with Crippen molar-refractivity contribution in [3.8, 4) is 11.5 Å². The van der Waals surface area contributed by atoms with Gasteiger partial charge in [0.05, 0.1) is 12.1 Å². The van der Waals surface area contributed by atoms with Crippen molar-refractivity contribution in [1.82, 2.24) is 5.32 Å².